The third kappa shape index (κ3) is 4.51. The van der Waals surface area contributed by atoms with Gasteiger partial charge in [0.1, 0.15) is 6.04 Å². The third-order valence-electron chi connectivity index (χ3n) is 3.99. The van der Waals surface area contributed by atoms with Crippen LogP contribution < -0.4 is 19.5 Å². The molecule has 0 saturated heterocycles. The number of nitrogens with zero attached hydrogens (tertiary/aromatic N) is 2. The lowest BCUT2D eigenvalue weighted by Gasteiger charge is -2.26. The summed E-state index contributed by atoms with van der Waals surface area (Å²) in [5, 5.41) is 12.5. The largest absolute Gasteiger partial charge is 0.493 e. The fourth-order valence-corrected chi connectivity index (χ4v) is 3.40. The molecule has 0 amide bonds. The number of rotatable bonds is 7. The van der Waals surface area contributed by atoms with Gasteiger partial charge in [-0.1, -0.05) is 11.8 Å². The van der Waals surface area contributed by atoms with Crippen LogP contribution in [0.3, 0.4) is 0 Å². The molecule has 1 atom stereocenters. The molecule has 28 heavy (non-hydrogen) atoms. The van der Waals surface area contributed by atoms with Gasteiger partial charge in [-0.2, -0.15) is 5.26 Å². The summed E-state index contributed by atoms with van der Waals surface area (Å²) >= 11 is 1.26. The fourth-order valence-electron chi connectivity index (χ4n) is 2.79. The molecule has 8 nitrogen and oxygen atoms in total. The summed E-state index contributed by atoms with van der Waals surface area (Å²) in [5.74, 6) is 1.13. The summed E-state index contributed by atoms with van der Waals surface area (Å²) in [6, 6.07) is 4.92. The van der Waals surface area contributed by atoms with Crippen molar-refractivity contribution in [2.45, 2.75) is 19.9 Å². The van der Waals surface area contributed by atoms with Gasteiger partial charge in [0.05, 0.1) is 45.3 Å². The standard InChI is InChI=1S/C19H23N3O5S/c1-6-27-18(23)15-11(2)21-19(28-8-7-20)22-16(15)12-9-13(24-3)17(26-5)14(10-12)25-4/h9-10,16H,6,8H2,1-5H3,(H,21,22)/t16-/m1/s1. The van der Waals surface area contributed by atoms with Crippen molar-refractivity contribution in [1.29, 1.82) is 5.26 Å². The van der Waals surface area contributed by atoms with Crippen LogP contribution in [-0.2, 0) is 9.53 Å². The second-order valence-corrected chi connectivity index (χ2v) is 6.59. The summed E-state index contributed by atoms with van der Waals surface area (Å²) in [7, 11) is 4.57. The Labute approximate surface area is 168 Å². The Balaban J connectivity index is 2.61. The van der Waals surface area contributed by atoms with Crippen LogP contribution in [0.5, 0.6) is 17.2 Å². The summed E-state index contributed by atoms with van der Waals surface area (Å²) in [5.41, 5.74) is 1.68. The van der Waals surface area contributed by atoms with Gasteiger partial charge in [-0.25, -0.2) is 9.79 Å². The van der Waals surface area contributed by atoms with E-state index in [1.54, 1.807) is 26.0 Å². The molecule has 0 aliphatic carbocycles. The predicted octanol–water partition coefficient (Wildman–Crippen LogP) is 2.81. The van der Waals surface area contributed by atoms with Crippen molar-refractivity contribution in [3.63, 3.8) is 0 Å². The monoisotopic (exact) mass is 405 g/mol. The zero-order valence-electron chi connectivity index (χ0n) is 16.5. The van der Waals surface area contributed by atoms with E-state index in [0.717, 1.165) is 0 Å². The minimum Gasteiger partial charge on any atom is -0.493 e. The molecule has 1 aliphatic rings. The van der Waals surface area contributed by atoms with Crippen LogP contribution in [-0.4, -0.2) is 44.8 Å². The molecule has 150 valence electrons. The molecule has 2 rings (SSSR count). The number of allylic oxidation sites excluding steroid dienone is 1. The Kier molecular flexibility index (Phi) is 7.58. The highest BCUT2D eigenvalue weighted by molar-refractivity contribution is 8.14. The average molecular weight is 405 g/mol. The number of amidine groups is 1. The van der Waals surface area contributed by atoms with Gasteiger partial charge in [0, 0.05) is 5.70 Å². The van der Waals surface area contributed by atoms with Crippen LogP contribution >= 0.6 is 11.8 Å². The Morgan fingerprint density at radius 2 is 1.89 bits per heavy atom. The van der Waals surface area contributed by atoms with E-state index in [9.17, 15) is 4.79 Å². The molecule has 0 fully saturated rings. The maximum Gasteiger partial charge on any atom is 0.338 e. The minimum atomic E-state index is -0.643. The molecule has 0 unspecified atom stereocenters. The number of hydrogen-bond donors (Lipinski definition) is 1. The first-order valence-electron chi connectivity index (χ1n) is 8.52. The van der Waals surface area contributed by atoms with Crippen molar-refractivity contribution in [1.82, 2.24) is 5.32 Å². The average Bonchev–Trinajstić information content (AvgIpc) is 2.70. The second-order valence-electron chi connectivity index (χ2n) is 5.63. The predicted molar refractivity (Wildman–Crippen MR) is 107 cm³/mol. The van der Waals surface area contributed by atoms with E-state index < -0.39 is 12.0 Å². The molecule has 0 bridgehead atoms. The van der Waals surface area contributed by atoms with Crippen LogP contribution in [0, 0.1) is 11.3 Å². The zero-order valence-corrected chi connectivity index (χ0v) is 17.3. The number of esters is 1. The van der Waals surface area contributed by atoms with E-state index in [1.165, 1.54) is 33.1 Å². The Morgan fingerprint density at radius 3 is 2.39 bits per heavy atom. The number of nitrogens with one attached hydrogen (secondary N) is 1. The molecule has 1 aromatic rings. The van der Waals surface area contributed by atoms with E-state index in [0.29, 0.717) is 39.2 Å². The number of thioether (sulfide) groups is 1. The number of nitriles is 1. The van der Waals surface area contributed by atoms with Crippen molar-refractivity contribution in [3.05, 3.63) is 29.0 Å². The van der Waals surface area contributed by atoms with Crippen LogP contribution in [0.1, 0.15) is 25.5 Å². The Morgan fingerprint density at radius 1 is 1.25 bits per heavy atom. The number of carbonyl (C=O) groups is 1. The first kappa shape index (κ1) is 21.4. The summed E-state index contributed by atoms with van der Waals surface area (Å²) in [6.07, 6.45) is 0. The van der Waals surface area contributed by atoms with Crippen LogP contribution in [0.2, 0.25) is 0 Å². The van der Waals surface area contributed by atoms with Crippen molar-refractivity contribution in [3.8, 4) is 23.3 Å². The topological polar surface area (TPSA) is 102 Å². The van der Waals surface area contributed by atoms with Crippen molar-refractivity contribution >= 4 is 22.9 Å². The van der Waals surface area contributed by atoms with Gasteiger partial charge in [-0.05, 0) is 31.5 Å². The van der Waals surface area contributed by atoms with E-state index in [-0.39, 0.29) is 12.4 Å². The van der Waals surface area contributed by atoms with Gasteiger partial charge in [-0.15, -0.1) is 0 Å². The van der Waals surface area contributed by atoms with E-state index in [2.05, 4.69) is 16.4 Å². The first-order valence-corrected chi connectivity index (χ1v) is 9.51. The molecule has 1 heterocycles. The molecule has 0 aromatic heterocycles. The van der Waals surface area contributed by atoms with Crippen LogP contribution in [0.4, 0.5) is 0 Å². The van der Waals surface area contributed by atoms with Gasteiger partial charge in [0.2, 0.25) is 5.75 Å². The molecule has 0 spiro atoms. The van der Waals surface area contributed by atoms with Gasteiger partial charge >= 0.3 is 5.97 Å². The number of hydrogen-bond acceptors (Lipinski definition) is 9. The van der Waals surface area contributed by atoms with Crippen LogP contribution in [0.25, 0.3) is 0 Å². The quantitative estimate of drug-likeness (QED) is 0.691. The van der Waals surface area contributed by atoms with E-state index >= 15 is 0 Å². The number of benzene rings is 1. The van der Waals surface area contributed by atoms with Gasteiger partial charge < -0.3 is 24.3 Å². The van der Waals surface area contributed by atoms with Gasteiger partial charge in [0.15, 0.2) is 16.7 Å². The number of carbonyl (C=O) groups excluding carboxylic acids is 1. The lowest BCUT2D eigenvalue weighted by molar-refractivity contribution is -0.138. The van der Waals surface area contributed by atoms with Crippen LogP contribution in [0.15, 0.2) is 28.4 Å². The summed E-state index contributed by atoms with van der Waals surface area (Å²) in [4.78, 5) is 17.2. The van der Waals surface area contributed by atoms with Gasteiger partial charge in [0.25, 0.3) is 0 Å². The van der Waals surface area contributed by atoms with Crippen molar-refractivity contribution < 1.29 is 23.7 Å². The third-order valence-corrected chi connectivity index (χ3v) is 4.74. The number of aliphatic imine (C=N–C) groups is 1. The molecule has 1 aromatic carbocycles. The fraction of sp³-hybridized carbons (Fsp3) is 0.421. The summed E-state index contributed by atoms with van der Waals surface area (Å²) < 4.78 is 21.4. The minimum absolute atomic E-state index is 0.232. The lowest BCUT2D eigenvalue weighted by atomic mass is 9.96. The molecular weight excluding hydrogens is 382 g/mol. The van der Waals surface area contributed by atoms with E-state index in [1.807, 2.05) is 0 Å². The van der Waals surface area contributed by atoms with E-state index in [4.69, 9.17) is 24.2 Å². The SMILES string of the molecule is CCOC(=O)C1=C(C)NC(SCC#N)=N[C@@H]1c1cc(OC)c(OC)c(OC)c1. The Bertz CT molecular complexity index is 819. The number of methoxy groups -OCH3 is 3. The summed E-state index contributed by atoms with van der Waals surface area (Å²) in [6.45, 7) is 3.77. The van der Waals surface area contributed by atoms with Gasteiger partial charge in [-0.3, -0.25) is 0 Å². The number of ether oxygens (including phenoxy) is 4. The highest BCUT2D eigenvalue weighted by Crippen LogP contribution is 2.43. The maximum absolute atomic E-state index is 12.6. The Hall–Kier alpha value is -2.86. The van der Waals surface area contributed by atoms with Crippen molar-refractivity contribution in [2.75, 3.05) is 33.7 Å². The maximum atomic E-state index is 12.6. The zero-order chi connectivity index (χ0) is 20.7. The normalized spacial score (nSPS) is 15.9. The molecule has 9 heteroatoms. The molecule has 0 radical (unpaired) electrons. The molecule has 1 aliphatic heterocycles. The molecule has 1 N–H and O–H groups in total. The highest BCUT2D eigenvalue weighted by Gasteiger charge is 2.32. The molecule has 0 saturated carbocycles. The molecular formula is C19H23N3O5S. The smallest absolute Gasteiger partial charge is 0.338 e. The highest BCUT2D eigenvalue weighted by atomic mass is 32.2. The second kappa shape index (κ2) is 9.90. The van der Waals surface area contributed by atoms with Crippen molar-refractivity contribution in [2.24, 2.45) is 4.99 Å². The lowest BCUT2D eigenvalue weighted by Crippen LogP contribution is -2.30. The first-order chi connectivity index (χ1) is 13.5.